The lowest BCUT2D eigenvalue weighted by molar-refractivity contribution is 0.0627. The molecule has 21 heavy (non-hydrogen) atoms. The molecule has 0 radical (unpaired) electrons. The maximum Gasteiger partial charge on any atom is 0.255 e. The zero-order valence-corrected chi connectivity index (χ0v) is 12.5. The van der Waals surface area contributed by atoms with Gasteiger partial charge in [0.25, 0.3) is 5.91 Å². The van der Waals surface area contributed by atoms with Crippen molar-refractivity contribution in [2.45, 2.75) is 20.3 Å². The molecule has 2 unspecified atom stereocenters. The van der Waals surface area contributed by atoms with Gasteiger partial charge in [0.2, 0.25) is 0 Å². The number of carbonyl (C=O) groups excluding carboxylic acids is 1. The maximum atomic E-state index is 13.4. The third-order valence-corrected chi connectivity index (χ3v) is 4.16. The normalized spacial score (nSPS) is 21.6. The quantitative estimate of drug-likeness (QED) is 0.806. The van der Waals surface area contributed by atoms with Crippen LogP contribution in [-0.2, 0) is 0 Å². The number of amides is 1. The fourth-order valence-electron chi connectivity index (χ4n) is 2.57. The Morgan fingerprint density at radius 1 is 1.43 bits per heavy atom. The van der Waals surface area contributed by atoms with Crippen LogP contribution >= 0.6 is 0 Å². The number of hydrogen-bond acceptors (Lipinski definition) is 2. The summed E-state index contributed by atoms with van der Waals surface area (Å²) in [4.78, 5) is 14.5. The molecular weight excluding hydrogens is 267 g/mol. The van der Waals surface area contributed by atoms with Crippen LogP contribution in [0.5, 0.6) is 0 Å². The van der Waals surface area contributed by atoms with Crippen LogP contribution in [0.25, 0.3) is 0 Å². The van der Waals surface area contributed by atoms with Gasteiger partial charge in [0, 0.05) is 18.7 Å². The summed E-state index contributed by atoms with van der Waals surface area (Å²) >= 11 is 0. The Hall–Kier alpha value is -1.86. The molecule has 2 N–H and O–H groups in total. The highest BCUT2D eigenvalue weighted by atomic mass is 19.1. The molecule has 112 valence electrons. The second-order valence-corrected chi connectivity index (χ2v) is 5.69. The molecule has 1 amide bonds. The molecule has 1 aliphatic rings. The Kier molecular flexibility index (Phi) is 4.98. The van der Waals surface area contributed by atoms with Crippen LogP contribution in [0.2, 0.25) is 0 Å². The Balaban J connectivity index is 2.26. The first kappa shape index (κ1) is 15.5. The molecule has 1 heterocycles. The van der Waals surface area contributed by atoms with E-state index in [0.29, 0.717) is 23.0 Å². The van der Waals surface area contributed by atoms with E-state index in [0.717, 1.165) is 19.5 Å². The number of rotatable bonds is 1. The van der Waals surface area contributed by atoms with Crippen molar-refractivity contribution >= 4 is 5.91 Å². The van der Waals surface area contributed by atoms with Crippen LogP contribution in [0.1, 0.15) is 36.2 Å². The van der Waals surface area contributed by atoms with Gasteiger partial charge in [0.15, 0.2) is 0 Å². The lowest BCUT2D eigenvalue weighted by atomic mass is 9.88. The van der Waals surface area contributed by atoms with Gasteiger partial charge in [0.1, 0.15) is 5.82 Å². The molecule has 2 rings (SSSR count). The average molecular weight is 288 g/mol. The number of carbonyl (C=O) groups is 1. The van der Waals surface area contributed by atoms with Crippen LogP contribution < -0.4 is 5.73 Å². The summed E-state index contributed by atoms with van der Waals surface area (Å²) in [6.45, 7) is 6.03. The molecule has 1 saturated heterocycles. The SMILES string of the molecule is CC1CCN(C(=O)c2ccc(F)cc2C#CCN)CC1C. The van der Waals surface area contributed by atoms with Gasteiger partial charge in [0.05, 0.1) is 12.1 Å². The van der Waals surface area contributed by atoms with Crippen molar-refractivity contribution < 1.29 is 9.18 Å². The van der Waals surface area contributed by atoms with Gasteiger partial charge in [-0.05, 0) is 36.5 Å². The van der Waals surface area contributed by atoms with E-state index >= 15 is 0 Å². The Labute approximate surface area is 125 Å². The summed E-state index contributed by atoms with van der Waals surface area (Å²) < 4.78 is 13.4. The largest absolute Gasteiger partial charge is 0.338 e. The molecule has 2 atom stereocenters. The molecule has 1 aromatic carbocycles. The number of benzene rings is 1. The zero-order valence-electron chi connectivity index (χ0n) is 12.5. The molecule has 0 bridgehead atoms. The molecule has 1 aliphatic heterocycles. The van der Waals surface area contributed by atoms with E-state index in [1.165, 1.54) is 18.2 Å². The molecule has 0 aromatic heterocycles. The molecule has 0 saturated carbocycles. The smallest absolute Gasteiger partial charge is 0.255 e. The summed E-state index contributed by atoms with van der Waals surface area (Å²) in [5, 5.41) is 0. The average Bonchev–Trinajstić information content (AvgIpc) is 2.47. The Morgan fingerprint density at radius 2 is 2.19 bits per heavy atom. The first-order valence-corrected chi connectivity index (χ1v) is 7.30. The number of halogens is 1. The van der Waals surface area contributed by atoms with E-state index in [1.54, 1.807) is 0 Å². The topological polar surface area (TPSA) is 46.3 Å². The van der Waals surface area contributed by atoms with Gasteiger partial charge in [-0.15, -0.1) is 0 Å². The first-order chi connectivity index (χ1) is 10.0. The van der Waals surface area contributed by atoms with E-state index in [4.69, 9.17) is 5.73 Å². The summed E-state index contributed by atoms with van der Waals surface area (Å²) in [5.41, 5.74) is 6.23. The molecule has 1 fully saturated rings. The van der Waals surface area contributed by atoms with Gasteiger partial charge in [-0.2, -0.15) is 0 Å². The summed E-state index contributed by atoms with van der Waals surface area (Å²) in [6, 6.07) is 4.11. The minimum absolute atomic E-state index is 0.0740. The second-order valence-electron chi connectivity index (χ2n) is 5.69. The predicted molar refractivity (Wildman–Crippen MR) is 81.2 cm³/mol. The van der Waals surface area contributed by atoms with Gasteiger partial charge in [-0.3, -0.25) is 4.79 Å². The van der Waals surface area contributed by atoms with Gasteiger partial charge >= 0.3 is 0 Å². The summed E-state index contributed by atoms with van der Waals surface area (Å²) in [5.74, 6) is 6.11. The summed E-state index contributed by atoms with van der Waals surface area (Å²) in [6.07, 6.45) is 0.998. The maximum absolute atomic E-state index is 13.4. The third kappa shape index (κ3) is 3.62. The molecule has 4 heteroatoms. The van der Waals surface area contributed by atoms with Gasteiger partial charge in [-0.25, -0.2) is 4.39 Å². The number of likely N-dealkylation sites (tertiary alicyclic amines) is 1. The molecular formula is C17H21FN2O. The van der Waals surface area contributed by atoms with Crippen molar-refractivity contribution in [3.8, 4) is 11.8 Å². The fourth-order valence-corrected chi connectivity index (χ4v) is 2.57. The predicted octanol–water partition coefficient (Wildman–Crippen LogP) is 2.25. The van der Waals surface area contributed by atoms with Crippen molar-refractivity contribution in [3.63, 3.8) is 0 Å². The van der Waals surface area contributed by atoms with E-state index in [9.17, 15) is 9.18 Å². The van der Waals surface area contributed by atoms with Crippen LogP contribution in [0.4, 0.5) is 4.39 Å². The lowest BCUT2D eigenvalue weighted by Gasteiger charge is -2.35. The summed E-state index contributed by atoms with van der Waals surface area (Å²) in [7, 11) is 0. The van der Waals surface area contributed by atoms with Gasteiger partial charge in [-0.1, -0.05) is 25.7 Å². The fraction of sp³-hybridized carbons (Fsp3) is 0.471. The van der Waals surface area contributed by atoms with Crippen molar-refractivity contribution in [1.29, 1.82) is 0 Å². The van der Waals surface area contributed by atoms with Crippen LogP contribution in [0, 0.1) is 29.5 Å². The minimum Gasteiger partial charge on any atom is -0.338 e. The highest BCUT2D eigenvalue weighted by molar-refractivity contribution is 5.96. The Bertz CT molecular complexity index is 588. The van der Waals surface area contributed by atoms with Crippen LogP contribution in [0.15, 0.2) is 18.2 Å². The standard InChI is InChI=1S/C17H21FN2O/c1-12-7-9-20(11-13(12)2)17(21)16-6-5-15(18)10-14(16)4-3-8-19/h5-6,10,12-13H,7-9,11,19H2,1-2H3. The minimum atomic E-state index is -0.395. The molecule has 3 nitrogen and oxygen atoms in total. The zero-order chi connectivity index (χ0) is 15.4. The highest BCUT2D eigenvalue weighted by Gasteiger charge is 2.27. The first-order valence-electron chi connectivity index (χ1n) is 7.30. The number of piperidine rings is 1. The monoisotopic (exact) mass is 288 g/mol. The van der Waals surface area contributed by atoms with Crippen molar-refractivity contribution in [2.24, 2.45) is 17.6 Å². The van der Waals surface area contributed by atoms with E-state index in [1.807, 2.05) is 4.90 Å². The van der Waals surface area contributed by atoms with Crippen LogP contribution in [-0.4, -0.2) is 30.4 Å². The number of nitrogens with zero attached hydrogens (tertiary/aromatic N) is 1. The van der Waals surface area contributed by atoms with E-state index in [-0.39, 0.29) is 12.5 Å². The third-order valence-electron chi connectivity index (χ3n) is 4.16. The Morgan fingerprint density at radius 3 is 2.86 bits per heavy atom. The van der Waals surface area contributed by atoms with Crippen LogP contribution in [0.3, 0.4) is 0 Å². The molecule has 0 spiro atoms. The molecule has 1 aromatic rings. The van der Waals surface area contributed by atoms with Crippen molar-refractivity contribution in [2.75, 3.05) is 19.6 Å². The number of hydrogen-bond donors (Lipinski definition) is 1. The highest BCUT2D eigenvalue weighted by Crippen LogP contribution is 2.24. The van der Waals surface area contributed by atoms with Crippen molar-refractivity contribution in [1.82, 2.24) is 4.90 Å². The van der Waals surface area contributed by atoms with E-state index < -0.39 is 5.82 Å². The lowest BCUT2D eigenvalue weighted by Crippen LogP contribution is -2.42. The second kappa shape index (κ2) is 6.73. The van der Waals surface area contributed by atoms with E-state index in [2.05, 4.69) is 25.7 Å². The molecule has 0 aliphatic carbocycles. The van der Waals surface area contributed by atoms with Gasteiger partial charge < -0.3 is 10.6 Å². The number of nitrogens with two attached hydrogens (primary N) is 1. The van der Waals surface area contributed by atoms with Crippen molar-refractivity contribution in [3.05, 3.63) is 35.1 Å².